The first kappa shape index (κ1) is 11.6. The maximum atomic E-state index is 4.50. The topological polar surface area (TPSA) is 6.48 Å². The molecule has 0 aromatic heterocycles. The average molecular weight is 234 g/mol. The lowest BCUT2D eigenvalue weighted by atomic mass is 10.1. The summed E-state index contributed by atoms with van der Waals surface area (Å²) in [5, 5.41) is 0. The molecule has 0 saturated carbocycles. The van der Waals surface area contributed by atoms with Gasteiger partial charge in [-0.25, -0.2) is 0 Å². The van der Waals surface area contributed by atoms with Gasteiger partial charge in [-0.3, -0.25) is 4.90 Å². The number of nitrogens with zero attached hydrogens (tertiary/aromatic N) is 2. The maximum Gasteiger partial charge on any atom is 0.0705 e. The predicted molar refractivity (Wildman–Crippen MR) is 71.7 cm³/mol. The Kier molecular flexibility index (Phi) is 3.26. The van der Waals surface area contributed by atoms with Gasteiger partial charge in [0, 0.05) is 29.2 Å². The summed E-state index contributed by atoms with van der Waals surface area (Å²) in [4.78, 5) is 5.60. The highest BCUT2D eigenvalue weighted by Crippen LogP contribution is 2.26. The van der Waals surface area contributed by atoms with Crippen molar-refractivity contribution in [3.05, 3.63) is 35.9 Å². The Morgan fingerprint density at radius 1 is 1.38 bits per heavy atom. The van der Waals surface area contributed by atoms with Gasteiger partial charge in [0.15, 0.2) is 0 Å². The molecule has 2 nitrogen and oxygen atoms in total. The van der Waals surface area contributed by atoms with E-state index in [2.05, 4.69) is 55.1 Å². The van der Waals surface area contributed by atoms with Crippen LogP contribution in [-0.4, -0.2) is 36.6 Å². The van der Waals surface area contributed by atoms with E-state index in [1.165, 1.54) is 5.56 Å². The molecule has 0 N–H and O–H groups in total. The van der Waals surface area contributed by atoms with Gasteiger partial charge >= 0.3 is 0 Å². The van der Waals surface area contributed by atoms with Crippen LogP contribution in [0.15, 0.2) is 29.7 Å². The van der Waals surface area contributed by atoms with E-state index in [1.54, 1.807) is 0 Å². The fourth-order valence-corrected chi connectivity index (χ4v) is 2.26. The Morgan fingerprint density at radius 3 is 2.75 bits per heavy atom. The van der Waals surface area contributed by atoms with E-state index in [0.29, 0.717) is 0 Å². The molecule has 0 amide bonds. The van der Waals surface area contributed by atoms with Crippen LogP contribution >= 0.6 is 12.6 Å². The molecule has 0 aliphatic carbocycles. The van der Waals surface area contributed by atoms with E-state index in [1.807, 2.05) is 6.07 Å². The molecular formula is C13H18N2S. The molecule has 3 heteroatoms. The summed E-state index contributed by atoms with van der Waals surface area (Å²) in [7, 11) is 2.13. The zero-order valence-electron chi connectivity index (χ0n) is 9.90. The number of thiol groups is 1. The van der Waals surface area contributed by atoms with E-state index < -0.39 is 0 Å². The fraction of sp³-hybridized carbons (Fsp3) is 0.385. The van der Waals surface area contributed by atoms with Crippen LogP contribution in [0.3, 0.4) is 0 Å². The number of likely N-dealkylation sites (N-methyl/N-ethyl adjacent to an activating group) is 1. The van der Waals surface area contributed by atoms with Gasteiger partial charge in [-0.05, 0) is 26.1 Å². The highest BCUT2D eigenvalue weighted by Gasteiger charge is 2.19. The number of benzene rings is 1. The van der Waals surface area contributed by atoms with Crippen molar-refractivity contribution in [2.45, 2.75) is 11.8 Å². The van der Waals surface area contributed by atoms with Crippen LogP contribution in [0.1, 0.15) is 11.1 Å². The van der Waals surface area contributed by atoms with E-state index >= 15 is 0 Å². The van der Waals surface area contributed by atoms with Gasteiger partial charge in [0.05, 0.1) is 6.67 Å². The lowest BCUT2D eigenvalue weighted by Gasteiger charge is -2.22. The van der Waals surface area contributed by atoms with E-state index in [9.17, 15) is 0 Å². The first-order valence-electron chi connectivity index (χ1n) is 5.50. The largest absolute Gasteiger partial charge is 0.357 e. The summed E-state index contributed by atoms with van der Waals surface area (Å²) in [6.45, 7) is 9.41. The second kappa shape index (κ2) is 4.52. The summed E-state index contributed by atoms with van der Waals surface area (Å²) in [6.07, 6.45) is 0. The van der Waals surface area contributed by atoms with E-state index in [0.717, 1.165) is 35.9 Å². The number of rotatable bonds is 2. The number of aryl methyl sites for hydroxylation is 1. The van der Waals surface area contributed by atoms with Gasteiger partial charge in [0.2, 0.25) is 0 Å². The lowest BCUT2D eigenvalue weighted by Crippen LogP contribution is -2.21. The smallest absolute Gasteiger partial charge is 0.0705 e. The minimum absolute atomic E-state index is 0.958. The van der Waals surface area contributed by atoms with Crippen molar-refractivity contribution in [3.8, 4) is 0 Å². The number of hydrogen-bond donors (Lipinski definition) is 1. The molecule has 1 aliphatic heterocycles. The summed E-state index contributed by atoms with van der Waals surface area (Å²) in [6, 6.07) is 6.27. The van der Waals surface area contributed by atoms with Crippen LogP contribution < -0.4 is 0 Å². The van der Waals surface area contributed by atoms with Crippen LogP contribution in [0, 0.1) is 6.92 Å². The standard InChI is InChI=1S/C13H18N2S/c1-10-4-5-13(16)12(8-10)11(2)15-7-6-14(3)9-15/h4-5,8,16H,2,6-7,9H2,1,3H3. The Bertz CT molecular complexity index is 414. The Balaban J connectivity index is 2.23. The molecule has 0 unspecified atom stereocenters. The molecule has 1 fully saturated rings. The van der Waals surface area contributed by atoms with Crippen LogP contribution in [0.4, 0.5) is 0 Å². The van der Waals surface area contributed by atoms with Gasteiger partial charge in [0.25, 0.3) is 0 Å². The first-order chi connectivity index (χ1) is 7.58. The monoisotopic (exact) mass is 234 g/mol. The summed E-state index contributed by atoms with van der Waals surface area (Å²) in [5.74, 6) is 0. The predicted octanol–water partition coefficient (Wildman–Crippen LogP) is 2.46. The minimum atomic E-state index is 0.958. The molecule has 1 heterocycles. The van der Waals surface area contributed by atoms with Crippen molar-refractivity contribution in [3.63, 3.8) is 0 Å². The van der Waals surface area contributed by atoms with Crippen molar-refractivity contribution in [2.24, 2.45) is 0 Å². The van der Waals surface area contributed by atoms with E-state index in [4.69, 9.17) is 0 Å². The molecular weight excluding hydrogens is 216 g/mol. The molecule has 1 aromatic carbocycles. The first-order valence-corrected chi connectivity index (χ1v) is 5.95. The lowest BCUT2D eigenvalue weighted by molar-refractivity contribution is 0.350. The van der Waals surface area contributed by atoms with Crippen LogP contribution in [0.5, 0.6) is 0 Å². The van der Waals surface area contributed by atoms with Crippen molar-refractivity contribution in [1.29, 1.82) is 0 Å². The van der Waals surface area contributed by atoms with Crippen molar-refractivity contribution in [2.75, 3.05) is 26.8 Å². The second-order valence-corrected chi connectivity index (χ2v) is 4.93. The second-order valence-electron chi connectivity index (χ2n) is 4.45. The quantitative estimate of drug-likeness (QED) is 0.785. The molecule has 0 atom stereocenters. The Labute approximate surface area is 103 Å². The third-order valence-corrected chi connectivity index (χ3v) is 3.40. The molecule has 0 radical (unpaired) electrons. The highest BCUT2D eigenvalue weighted by atomic mass is 32.1. The minimum Gasteiger partial charge on any atom is -0.357 e. The molecule has 0 spiro atoms. The van der Waals surface area contributed by atoms with Crippen LogP contribution in [0.25, 0.3) is 5.70 Å². The van der Waals surface area contributed by atoms with Crippen LogP contribution in [0.2, 0.25) is 0 Å². The molecule has 1 saturated heterocycles. The zero-order valence-corrected chi connectivity index (χ0v) is 10.8. The third kappa shape index (κ3) is 2.25. The molecule has 2 rings (SSSR count). The summed E-state index contributed by atoms with van der Waals surface area (Å²) in [5.41, 5.74) is 3.48. The highest BCUT2D eigenvalue weighted by molar-refractivity contribution is 7.80. The van der Waals surface area contributed by atoms with Gasteiger partial charge in [-0.1, -0.05) is 18.2 Å². The summed E-state index contributed by atoms with van der Waals surface area (Å²) < 4.78 is 0. The average Bonchev–Trinajstić information content (AvgIpc) is 2.67. The van der Waals surface area contributed by atoms with Gasteiger partial charge < -0.3 is 4.90 Å². The van der Waals surface area contributed by atoms with Crippen molar-refractivity contribution < 1.29 is 0 Å². The van der Waals surface area contributed by atoms with Crippen molar-refractivity contribution in [1.82, 2.24) is 9.80 Å². The Morgan fingerprint density at radius 2 is 2.12 bits per heavy atom. The van der Waals surface area contributed by atoms with Gasteiger partial charge in [-0.15, -0.1) is 12.6 Å². The third-order valence-electron chi connectivity index (χ3n) is 3.01. The van der Waals surface area contributed by atoms with Gasteiger partial charge in [-0.2, -0.15) is 0 Å². The SMILES string of the molecule is C=C(c1cc(C)ccc1S)N1CCN(C)C1. The normalized spacial score (nSPS) is 16.8. The summed E-state index contributed by atoms with van der Waals surface area (Å²) >= 11 is 4.50. The zero-order chi connectivity index (χ0) is 11.7. The Hall–Kier alpha value is -0.930. The van der Waals surface area contributed by atoms with Crippen molar-refractivity contribution >= 4 is 18.3 Å². The molecule has 0 bridgehead atoms. The fourth-order valence-electron chi connectivity index (χ4n) is 2.00. The van der Waals surface area contributed by atoms with E-state index in [-0.39, 0.29) is 0 Å². The maximum absolute atomic E-state index is 4.50. The molecule has 1 aromatic rings. The van der Waals surface area contributed by atoms with Gasteiger partial charge in [0.1, 0.15) is 0 Å². The molecule has 86 valence electrons. The molecule has 1 aliphatic rings. The van der Waals surface area contributed by atoms with Crippen LogP contribution in [-0.2, 0) is 0 Å². The molecule has 16 heavy (non-hydrogen) atoms. The number of hydrogen-bond acceptors (Lipinski definition) is 3.